The molecule has 0 unspecified atom stereocenters. The number of benzene rings is 2. The Morgan fingerprint density at radius 3 is 2.58 bits per heavy atom. The van der Waals surface area contributed by atoms with E-state index in [1.807, 2.05) is 0 Å². The van der Waals surface area contributed by atoms with Gasteiger partial charge in [0.25, 0.3) is 11.8 Å². The van der Waals surface area contributed by atoms with E-state index in [0.29, 0.717) is 24.4 Å². The Labute approximate surface area is 150 Å². The Balaban J connectivity index is 1.76. The zero-order valence-corrected chi connectivity index (χ0v) is 13.9. The lowest BCUT2D eigenvalue weighted by Gasteiger charge is -2.14. The zero-order chi connectivity index (χ0) is 18.5. The molecular weight excluding hydrogens is 336 g/mol. The summed E-state index contributed by atoms with van der Waals surface area (Å²) in [6.45, 7) is 0.551. The first-order valence-corrected chi connectivity index (χ1v) is 8.19. The van der Waals surface area contributed by atoms with Gasteiger partial charge in [0.15, 0.2) is 0 Å². The number of carboxylic acid groups (broad SMARTS) is 1. The van der Waals surface area contributed by atoms with Crippen molar-refractivity contribution in [3.05, 3.63) is 59.7 Å². The summed E-state index contributed by atoms with van der Waals surface area (Å²) in [4.78, 5) is 35.7. The van der Waals surface area contributed by atoms with Crippen LogP contribution in [0.4, 0.5) is 11.4 Å². The van der Waals surface area contributed by atoms with E-state index in [2.05, 4.69) is 10.6 Å². The molecule has 0 bridgehead atoms. The molecule has 1 saturated heterocycles. The van der Waals surface area contributed by atoms with Crippen LogP contribution in [0, 0.1) is 0 Å². The van der Waals surface area contributed by atoms with Crippen LogP contribution in [0.2, 0.25) is 0 Å². The molecule has 0 saturated carbocycles. The first kappa shape index (κ1) is 17.6. The average Bonchev–Trinajstić information content (AvgIpc) is 3.17. The predicted octanol–water partition coefficient (Wildman–Crippen LogP) is 1.42. The van der Waals surface area contributed by atoms with Gasteiger partial charge >= 0.3 is 0 Å². The van der Waals surface area contributed by atoms with E-state index in [4.69, 9.17) is 4.74 Å². The summed E-state index contributed by atoms with van der Waals surface area (Å²) in [5, 5.41) is 16.3. The minimum Gasteiger partial charge on any atom is -0.545 e. The van der Waals surface area contributed by atoms with Crippen LogP contribution in [0.15, 0.2) is 48.5 Å². The lowest BCUT2D eigenvalue weighted by molar-refractivity contribution is -0.255. The zero-order valence-electron chi connectivity index (χ0n) is 13.9. The number of nitrogens with one attached hydrogen (secondary N) is 2. The van der Waals surface area contributed by atoms with Gasteiger partial charge in [-0.25, -0.2) is 0 Å². The molecular formula is C19H17N2O5-. The maximum Gasteiger partial charge on any atom is 0.257 e. The van der Waals surface area contributed by atoms with Gasteiger partial charge < -0.3 is 25.3 Å². The van der Waals surface area contributed by atoms with Gasteiger partial charge in [0.05, 0.1) is 17.2 Å². The molecule has 1 fully saturated rings. The van der Waals surface area contributed by atoms with Crippen LogP contribution in [-0.2, 0) is 9.53 Å². The molecule has 3 rings (SSSR count). The number of aromatic carboxylic acids is 1. The van der Waals surface area contributed by atoms with E-state index in [-0.39, 0.29) is 17.0 Å². The molecule has 0 aromatic heterocycles. The molecule has 2 aromatic carbocycles. The first-order chi connectivity index (χ1) is 12.5. The Morgan fingerprint density at radius 2 is 1.85 bits per heavy atom. The van der Waals surface area contributed by atoms with Gasteiger partial charge in [-0.1, -0.05) is 24.3 Å². The van der Waals surface area contributed by atoms with Crippen LogP contribution in [0.25, 0.3) is 0 Å². The van der Waals surface area contributed by atoms with Crippen molar-refractivity contribution in [2.45, 2.75) is 18.9 Å². The lowest BCUT2D eigenvalue weighted by atomic mass is 10.1. The molecule has 2 aromatic rings. The third-order valence-electron chi connectivity index (χ3n) is 4.01. The molecule has 134 valence electrons. The number of rotatable bonds is 5. The van der Waals surface area contributed by atoms with E-state index in [9.17, 15) is 19.5 Å². The van der Waals surface area contributed by atoms with Gasteiger partial charge in [0, 0.05) is 12.3 Å². The van der Waals surface area contributed by atoms with E-state index in [1.165, 1.54) is 18.2 Å². The minimum absolute atomic E-state index is 0.0391. The fourth-order valence-corrected chi connectivity index (χ4v) is 2.71. The van der Waals surface area contributed by atoms with Crippen LogP contribution >= 0.6 is 0 Å². The fourth-order valence-electron chi connectivity index (χ4n) is 2.71. The van der Waals surface area contributed by atoms with Crippen molar-refractivity contribution >= 4 is 29.2 Å². The molecule has 26 heavy (non-hydrogen) atoms. The fraction of sp³-hybridized carbons (Fsp3) is 0.211. The van der Waals surface area contributed by atoms with Crippen LogP contribution in [0.5, 0.6) is 0 Å². The maximum atomic E-state index is 12.6. The molecule has 0 spiro atoms. The van der Waals surface area contributed by atoms with Crippen LogP contribution in [0.1, 0.15) is 33.6 Å². The summed E-state index contributed by atoms with van der Waals surface area (Å²) in [6.07, 6.45) is 0.969. The standard InChI is InChI=1S/C19H18N2O5/c22-17(20-13-6-3-5-12(11-13)19(24)25)14-7-1-2-8-15(14)21-18(23)16-9-4-10-26-16/h1-3,5-8,11,16H,4,9-10H2,(H,20,22)(H,21,23)(H,24,25)/p-1/t16-/m0/s1. The van der Waals surface area contributed by atoms with Gasteiger partial charge in [-0.3, -0.25) is 9.59 Å². The summed E-state index contributed by atoms with van der Waals surface area (Å²) in [5.41, 5.74) is 0.902. The quantitative estimate of drug-likeness (QED) is 0.845. The normalized spacial score (nSPS) is 16.1. The van der Waals surface area contributed by atoms with E-state index in [0.717, 1.165) is 6.42 Å². The second-order valence-electron chi connectivity index (χ2n) is 5.86. The molecule has 1 aliphatic heterocycles. The highest BCUT2D eigenvalue weighted by atomic mass is 16.5. The van der Waals surface area contributed by atoms with Gasteiger partial charge in [-0.15, -0.1) is 0 Å². The van der Waals surface area contributed by atoms with Crippen LogP contribution in [-0.4, -0.2) is 30.5 Å². The molecule has 2 N–H and O–H groups in total. The molecule has 1 aliphatic rings. The van der Waals surface area contributed by atoms with E-state index < -0.39 is 18.0 Å². The predicted molar refractivity (Wildman–Crippen MR) is 92.8 cm³/mol. The average molecular weight is 353 g/mol. The van der Waals surface area contributed by atoms with Crippen molar-refractivity contribution in [3.63, 3.8) is 0 Å². The number of hydrogen-bond acceptors (Lipinski definition) is 5. The Bertz CT molecular complexity index is 843. The number of hydrogen-bond donors (Lipinski definition) is 2. The number of ether oxygens (including phenoxy) is 1. The van der Waals surface area contributed by atoms with Gasteiger partial charge in [-0.2, -0.15) is 0 Å². The Kier molecular flexibility index (Phi) is 5.28. The highest BCUT2D eigenvalue weighted by Crippen LogP contribution is 2.20. The largest absolute Gasteiger partial charge is 0.545 e. The summed E-state index contributed by atoms with van der Waals surface area (Å²) >= 11 is 0. The van der Waals surface area contributed by atoms with Crippen molar-refractivity contribution in [3.8, 4) is 0 Å². The van der Waals surface area contributed by atoms with Crippen molar-refractivity contribution in [1.82, 2.24) is 0 Å². The van der Waals surface area contributed by atoms with Crippen molar-refractivity contribution < 1.29 is 24.2 Å². The van der Waals surface area contributed by atoms with Crippen molar-refractivity contribution in [1.29, 1.82) is 0 Å². The van der Waals surface area contributed by atoms with Gasteiger partial charge in [-0.05, 0) is 42.7 Å². The van der Waals surface area contributed by atoms with Gasteiger partial charge in [0.2, 0.25) is 0 Å². The molecule has 0 aliphatic carbocycles. The number of para-hydroxylation sites is 1. The number of carbonyl (C=O) groups is 3. The SMILES string of the molecule is O=C([O-])c1cccc(NC(=O)c2ccccc2NC(=O)[C@@H]2CCCO2)c1. The van der Waals surface area contributed by atoms with Crippen molar-refractivity contribution in [2.75, 3.05) is 17.2 Å². The van der Waals surface area contributed by atoms with Gasteiger partial charge in [0.1, 0.15) is 6.10 Å². The van der Waals surface area contributed by atoms with Crippen LogP contribution in [0.3, 0.4) is 0 Å². The highest BCUT2D eigenvalue weighted by Gasteiger charge is 2.24. The maximum absolute atomic E-state index is 12.6. The topological polar surface area (TPSA) is 108 Å². The molecule has 2 amide bonds. The summed E-state index contributed by atoms with van der Waals surface area (Å²) in [7, 11) is 0. The number of anilines is 2. The molecule has 7 heteroatoms. The lowest BCUT2D eigenvalue weighted by Crippen LogP contribution is -2.28. The molecule has 7 nitrogen and oxygen atoms in total. The second-order valence-corrected chi connectivity index (χ2v) is 5.86. The second kappa shape index (κ2) is 7.79. The monoisotopic (exact) mass is 353 g/mol. The molecule has 1 atom stereocenters. The first-order valence-electron chi connectivity index (χ1n) is 8.19. The smallest absolute Gasteiger partial charge is 0.257 e. The highest BCUT2D eigenvalue weighted by molar-refractivity contribution is 6.10. The molecule has 0 radical (unpaired) electrons. The third kappa shape index (κ3) is 4.07. The Morgan fingerprint density at radius 1 is 1.04 bits per heavy atom. The van der Waals surface area contributed by atoms with Crippen LogP contribution < -0.4 is 15.7 Å². The van der Waals surface area contributed by atoms with E-state index >= 15 is 0 Å². The number of carboxylic acids is 1. The summed E-state index contributed by atoms with van der Waals surface area (Å²) < 4.78 is 5.34. The molecule has 1 heterocycles. The van der Waals surface area contributed by atoms with Crippen molar-refractivity contribution in [2.24, 2.45) is 0 Å². The summed E-state index contributed by atoms with van der Waals surface area (Å²) in [5.74, 6) is -2.09. The summed E-state index contributed by atoms with van der Waals surface area (Å²) in [6, 6.07) is 12.3. The van der Waals surface area contributed by atoms with E-state index in [1.54, 1.807) is 30.3 Å². The number of amides is 2. The third-order valence-corrected chi connectivity index (χ3v) is 4.01. The minimum atomic E-state index is -1.33. The number of carbonyl (C=O) groups excluding carboxylic acids is 3. The Hall–Kier alpha value is -3.19.